The molecule has 20 heavy (non-hydrogen) atoms. The van der Waals surface area contributed by atoms with Gasteiger partial charge in [-0.3, -0.25) is 9.20 Å². The second kappa shape index (κ2) is 6.58. The number of hydrogen-bond donors (Lipinski definition) is 1. The van der Waals surface area contributed by atoms with Crippen LogP contribution in [0.5, 0.6) is 5.75 Å². The van der Waals surface area contributed by atoms with Crippen molar-refractivity contribution in [3.05, 3.63) is 18.3 Å². The first-order valence-corrected chi connectivity index (χ1v) is 7.02. The van der Waals surface area contributed by atoms with Crippen molar-refractivity contribution in [3.8, 4) is 5.75 Å². The Labute approximate surface area is 120 Å². The smallest absolute Gasteiger partial charge is 0.313 e. The molecule has 2 aromatic heterocycles. The van der Waals surface area contributed by atoms with Crippen LogP contribution in [0.15, 0.2) is 23.5 Å². The van der Waals surface area contributed by atoms with Gasteiger partial charge in [0, 0.05) is 12.7 Å². The Hall–Kier alpha value is -1.80. The summed E-state index contributed by atoms with van der Waals surface area (Å²) in [6, 6.07) is 3.65. The fraction of sp³-hybridized carbons (Fsp3) is 0.417. The summed E-state index contributed by atoms with van der Waals surface area (Å²) in [5.41, 5.74) is 0.596. The molecule has 0 aliphatic carbocycles. The van der Waals surface area contributed by atoms with Crippen molar-refractivity contribution in [2.24, 2.45) is 0 Å². The fourth-order valence-electron chi connectivity index (χ4n) is 1.55. The van der Waals surface area contributed by atoms with Gasteiger partial charge in [0.25, 0.3) is 0 Å². The summed E-state index contributed by atoms with van der Waals surface area (Å²) in [5, 5.41) is 17.3. The Bertz CT molecular complexity index is 599. The highest BCUT2D eigenvalue weighted by atomic mass is 32.2. The van der Waals surface area contributed by atoms with E-state index in [-0.39, 0.29) is 5.75 Å². The molecule has 0 fully saturated rings. The minimum atomic E-state index is -0.884. The molecule has 7 nitrogen and oxygen atoms in total. The van der Waals surface area contributed by atoms with Crippen molar-refractivity contribution < 1.29 is 14.6 Å². The van der Waals surface area contributed by atoms with Crippen LogP contribution >= 0.6 is 11.8 Å². The highest BCUT2D eigenvalue weighted by Gasteiger charge is 2.11. The maximum absolute atomic E-state index is 10.6. The van der Waals surface area contributed by atoms with Crippen molar-refractivity contribution in [1.29, 1.82) is 0 Å². The molecular weight excluding hydrogens is 280 g/mol. The number of fused-ring (bicyclic) bond motifs is 1. The molecule has 8 heteroatoms. The molecule has 0 atom stereocenters. The summed E-state index contributed by atoms with van der Waals surface area (Å²) in [4.78, 5) is 12.6. The minimum Gasteiger partial charge on any atom is -0.488 e. The Morgan fingerprint density at radius 2 is 2.30 bits per heavy atom. The molecule has 0 aliphatic heterocycles. The normalized spacial score (nSPS) is 11.2. The Morgan fingerprint density at radius 1 is 1.50 bits per heavy atom. The molecule has 0 spiro atoms. The van der Waals surface area contributed by atoms with E-state index in [9.17, 15) is 4.79 Å². The lowest BCUT2D eigenvalue weighted by Crippen LogP contribution is -2.19. The standard InChI is InChI=1S/C12H16N4O3S/c1-15(2)6-7-19-9-4-3-5-16-11(9)13-14-12(16)20-8-10(17)18/h3-5H,6-8H2,1-2H3,(H,17,18). The van der Waals surface area contributed by atoms with Gasteiger partial charge in [0.1, 0.15) is 6.61 Å². The third-order valence-electron chi connectivity index (χ3n) is 2.49. The number of thioether (sulfide) groups is 1. The molecule has 0 amide bonds. The van der Waals surface area contributed by atoms with Gasteiger partial charge in [0.05, 0.1) is 5.75 Å². The number of carboxylic acid groups (broad SMARTS) is 1. The zero-order valence-corrected chi connectivity index (χ0v) is 12.1. The molecule has 2 aromatic rings. The summed E-state index contributed by atoms with van der Waals surface area (Å²) in [6.45, 7) is 1.35. The van der Waals surface area contributed by atoms with Gasteiger partial charge in [-0.1, -0.05) is 11.8 Å². The number of likely N-dealkylation sites (N-methyl/N-ethyl adjacent to an activating group) is 1. The third-order valence-corrected chi connectivity index (χ3v) is 3.42. The predicted molar refractivity (Wildman–Crippen MR) is 75.4 cm³/mol. The van der Waals surface area contributed by atoms with E-state index in [1.165, 1.54) is 0 Å². The maximum Gasteiger partial charge on any atom is 0.313 e. The molecule has 1 N–H and O–H groups in total. The maximum atomic E-state index is 10.6. The van der Waals surface area contributed by atoms with Gasteiger partial charge in [-0.25, -0.2) is 0 Å². The van der Waals surface area contributed by atoms with E-state index in [4.69, 9.17) is 9.84 Å². The predicted octanol–water partition coefficient (Wildman–Crippen LogP) is 0.846. The highest BCUT2D eigenvalue weighted by molar-refractivity contribution is 7.99. The van der Waals surface area contributed by atoms with Crippen LogP contribution in [0.4, 0.5) is 0 Å². The van der Waals surface area contributed by atoms with Crippen LogP contribution < -0.4 is 4.74 Å². The zero-order chi connectivity index (χ0) is 14.5. The number of rotatable bonds is 7. The fourth-order valence-corrected chi connectivity index (χ4v) is 2.18. The van der Waals surface area contributed by atoms with E-state index in [0.717, 1.165) is 18.3 Å². The lowest BCUT2D eigenvalue weighted by molar-refractivity contribution is -0.133. The quantitative estimate of drug-likeness (QED) is 0.758. The number of carbonyl (C=O) groups is 1. The summed E-state index contributed by atoms with van der Waals surface area (Å²) >= 11 is 1.13. The van der Waals surface area contributed by atoms with Crippen LogP contribution in [0.25, 0.3) is 5.65 Å². The Kier molecular flexibility index (Phi) is 4.80. The highest BCUT2D eigenvalue weighted by Crippen LogP contribution is 2.23. The van der Waals surface area contributed by atoms with Crippen LogP contribution in [0.1, 0.15) is 0 Å². The second-order valence-electron chi connectivity index (χ2n) is 4.38. The van der Waals surface area contributed by atoms with Crippen LogP contribution in [0, 0.1) is 0 Å². The van der Waals surface area contributed by atoms with Gasteiger partial charge in [-0.05, 0) is 26.2 Å². The first-order valence-electron chi connectivity index (χ1n) is 6.04. The lowest BCUT2D eigenvalue weighted by atomic mass is 10.4. The number of hydrogen-bond acceptors (Lipinski definition) is 6. The number of nitrogens with zero attached hydrogens (tertiary/aromatic N) is 4. The van der Waals surface area contributed by atoms with Crippen molar-refractivity contribution in [2.45, 2.75) is 5.16 Å². The molecule has 0 radical (unpaired) electrons. The molecule has 2 rings (SSSR count). The number of carboxylic acids is 1. The minimum absolute atomic E-state index is 0.0491. The van der Waals surface area contributed by atoms with Gasteiger partial charge in [-0.15, -0.1) is 10.2 Å². The second-order valence-corrected chi connectivity index (χ2v) is 5.33. The van der Waals surface area contributed by atoms with Crippen LogP contribution in [-0.4, -0.2) is 63.6 Å². The number of ether oxygens (including phenoxy) is 1. The third kappa shape index (κ3) is 3.61. The van der Waals surface area contributed by atoms with Gasteiger partial charge >= 0.3 is 5.97 Å². The summed E-state index contributed by atoms with van der Waals surface area (Å²) < 4.78 is 7.41. The molecular formula is C12H16N4O3S. The average molecular weight is 296 g/mol. The largest absolute Gasteiger partial charge is 0.488 e. The Morgan fingerprint density at radius 3 is 3.00 bits per heavy atom. The number of aromatic nitrogens is 3. The van der Waals surface area contributed by atoms with E-state index in [1.807, 2.05) is 31.1 Å². The van der Waals surface area contributed by atoms with E-state index in [0.29, 0.717) is 23.2 Å². The van der Waals surface area contributed by atoms with E-state index < -0.39 is 5.97 Å². The van der Waals surface area contributed by atoms with E-state index in [1.54, 1.807) is 10.6 Å². The number of aliphatic carboxylic acids is 1. The first-order chi connectivity index (χ1) is 9.58. The van der Waals surface area contributed by atoms with Gasteiger partial charge in [-0.2, -0.15) is 0 Å². The molecule has 0 saturated heterocycles. The molecule has 0 bridgehead atoms. The lowest BCUT2D eigenvalue weighted by Gasteiger charge is -2.11. The summed E-state index contributed by atoms with van der Waals surface area (Å²) in [5.74, 6) is -0.291. The van der Waals surface area contributed by atoms with Crippen molar-refractivity contribution in [1.82, 2.24) is 19.5 Å². The van der Waals surface area contributed by atoms with Gasteiger partial charge in [0.2, 0.25) is 5.65 Å². The van der Waals surface area contributed by atoms with Crippen molar-refractivity contribution in [2.75, 3.05) is 33.0 Å². The molecule has 108 valence electrons. The molecule has 0 unspecified atom stereocenters. The van der Waals surface area contributed by atoms with Crippen LogP contribution in [0.2, 0.25) is 0 Å². The topological polar surface area (TPSA) is 80.0 Å². The van der Waals surface area contributed by atoms with Gasteiger partial charge in [0.15, 0.2) is 10.9 Å². The first kappa shape index (κ1) is 14.6. The van der Waals surface area contributed by atoms with Gasteiger partial charge < -0.3 is 14.7 Å². The van der Waals surface area contributed by atoms with E-state index >= 15 is 0 Å². The molecule has 0 aromatic carbocycles. The summed E-state index contributed by atoms with van der Waals surface area (Å²) in [7, 11) is 3.95. The molecule has 0 aliphatic rings. The van der Waals surface area contributed by atoms with Crippen molar-refractivity contribution in [3.63, 3.8) is 0 Å². The monoisotopic (exact) mass is 296 g/mol. The van der Waals surface area contributed by atoms with Crippen LogP contribution in [-0.2, 0) is 4.79 Å². The zero-order valence-electron chi connectivity index (χ0n) is 11.3. The molecule has 0 saturated carbocycles. The summed E-state index contributed by atoms with van der Waals surface area (Å²) in [6.07, 6.45) is 1.79. The average Bonchev–Trinajstić information content (AvgIpc) is 2.80. The molecule has 2 heterocycles. The number of pyridine rings is 1. The Balaban J connectivity index is 2.14. The van der Waals surface area contributed by atoms with Crippen molar-refractivity contribution >= 4 is 23.4 Å². The SMILES string of the molecule is CN(C)CCOc1cccn2c(SCC(=O)O)nnc12. The van der Waals surface area contributed by atoms with E-state index in [2.05, 4.69) is 10.2 Å². The van der Waals surface area contributed by atoms with Crippen LogP contribution in [0.3, 0.4) is 0 Å².